The van der Waals surface area contributed by atoms with E-state index in [1.807, 2.05) is 24.3 Å². The van der Waals surface area contributed by atoms with Crippen molar-refractivity contribution in [2.45, 2.75) is 46.0 Å². The lowest BCUT2D eigenvalue weighted by atomic mass is 9.89. The van der Waals surface area contributed by atoms with Crippen LogP contribution in [-0.2, 0) is 4.79 Å². The quantitative estimate of drug-likeness (QED) is 0.835. The first-order chi connectivity index (χ1) is 7.91. The molecule has 0 amide bonds. The van der Waals surface area contributed by atoms with Crippen LogP contribution in [0.2, 0.25) is 0 Å². The Kier molecular flexibility index (Phi) is 4.73. The molecule has 1 rings (SSSR count). The number of benzene rings is 1. The summed E-state index contributed by atoms with van der Waals surface area (Å²) in [7, 11) is 0. The molecule has 1 aromatic carbocycles. The van der Waals surface area contributed by atoms with E-state index >= 15 is 0 Å². The van der Waals surface area contributed by atoms with Crippen LogP contribution >= 0.6 is 0 Å². The molecule has 2 heteroatoms. The monoisotopic (exact) mass is 234 g/mol. The molecule has 0 spiro atoms. The first-order valence-electron chi connectivity index (χ1n) is 6.24. The van der Waals surface area contributed by atoms with E-state index in [2.05, 4.69) is 27.7 Å². The van der Waals surface area contributed by atoms with E-state index in [4.69, 9.17) is 0 Å². The zero-order valence-electron chi connectivity index (χ0n) is 11.1. The summed E-state index contributed by atoms with van der Waals surface area (Å²) in [6, 6.07) is 7.99. The molecule has 1 atom stereocenters. The zero-order chi connectivity index (χ0) is 13.0. The van der Waals surface area contributed by atoms with Gasteiger partial charge in [0.1, 0.15) is 0 Å². The normalized spacial score (nSPS) is 13.1. The average molecular weight is 234 g/mol. The topological polar surface area (TPSA) is 37.3 Å². The maximum absolute atomic E-state index is 11.3. The number of carboxylic acid groups (broad SMARTS) is 1. The van der Waals surface area contributed by atoms with Gasteiger partial charge in [-0.25, -0.2) is 0 Å². The molecule has 0 aliphatic rings. The van der Waals surface area contributed by atoms with Gasteiger partial charge in [0, 0.05) is 0 Å². The van der Waals surface area contributed by atoms with Crippen LogP contribution in [0.5, 0.6) is 0 Å². The molecule has 1 unspecified atom stereocenters. The number of hydrogen-bond donors (Lipinski definition) is 1. The van der Waals surface area contributed by atoms with Gasteiger partial charge in [-0.05, 0) is 29.4 Å². The predicted molar refractivity (Wildman–Crippen MR) is 70.4 cm³/mol. The van der Waals surface area contributed by atoms with Crippen molar-refractivity contribution in [2.75, 3.05) is 0 Å². The number of rotatable bonds is 5. The highest BCUT2D eigenvalue weighted by atomic mass is 16.4. The highest BCUT2D eigenvalue weighted by Crippen LogP contribution is 2.25. The van der Waals surface area contributed by atoms with E-state index in [-0.39, 0.29) is 5.92 Å². The fourth-order valence-corrected chi connectivity index (χ4v) is 1.96. The molecule has 0 aliphatic heterocycles. The zero-order valence-corrected chi connectivity index (χ0v) is 11.1. The summed E-state index contributed by atoms with van der Waals surface area (Å²) in [5, 5.41) is 9.25. The van der Waals surface area contributed by atoms with E-state index in [0.717, 1.165) is 5.56 Å². The summed E-state index contributed by atoms with van der Waals surface area (Å²) < 4.78 is 0. The Hall–Kier alpha value is -1.31. The standard InChI is InChI=1S/C15H22O2/c1-10(2)9-14(15(16)17)13-7-5-12(6-8-13)11(3)4/h5-8,10-11,14H,9H2,1-4H3,(H,16,17). The Morgan fingerprint density at radius 3 is 1.88 bits per heavy atom. The van der Waals surface area contributed by atoms with Crippen LogP contribution < -0.4 is 0 Å². The van der Waals surface area contributed by atoms with Crippen LogP contribution in [0, 0.1) is 5.92 Å². The number of carboxylic acids is 1. The lowest BCUT2D eigenvalue weighted by Gasteiger charge is -2.16. The molecule has 0 saturated carbocycles. The Balaban J connectivity index is 2.91. The van der Waals surface area contributed by atoms with Gasteiger partial charge in [-0.2, -0.15) is 0 Å². The fraction of sp³-hybridized carbons (Fsp3) is 0.533. The van der Waals surface area contributed by atoms with Crippen LogP contribution in [0.1, 0.15) is 57.1 Å². The predicted octanol–water partition coefficient (Wildman–Crippen LogP) is 4.02. The Morgan fingerprint density at radius 1 is 1.06 bits per heavy atom. The maximum atomic E-state index is 11.3. The van der Waals surface area contributed by atoms with E-state index in [1.54, 1.807) is 0 Å². The summed E-state index contributed by atoms with van der Waals surface area (Å²) in [6.45, 7) is 8.38. The van der Waals surface area contributed by atoms with Gasteiger partial charge < -0.3 is 5.11 Å². The van der Waals surface area contributed by atoms with Gasteiger partial charge in [0.15, 0.2) is 0 Å². The van der Waals surface area contributed by atoms with Crippen molar-refractivity contribution in [2.24, 2.45) is 5.92 Å². The molecule has 2 nitrogen and oxygen atoms in total. The molecular formula is C15H22O2. The van der Waals surface area contributed by atoms with Crippen LogP contribution in [0.3, 0.4) is 0 Å². The molecule has 0 aromatic heterocycles. The third kappa shape index (κ3) is 3.88. The van der Waals surface area contributed by atoms with E-state index in [9.17, 15) is 9.90 Å². The van der Waals surface area contributed by atoms with Gasteiger partial charge in [0.05, 0.1) is 5.92 Å². The summed E-state index contributed by atoms with van der Waals surface area (Å²) in [5.74, 6) is -0.231. The molecule has 0 aliphatic carbocycles. The number of hydrogen-bond acceptors (Lipinski definition) is 1. The molecule has 1 N–H and O–H groups in total. The second-order valence-corrected chi connectivity index (χ2v) is 5.34. The van der Waals surface area contributed by atoms with Crippen LogP contribution in [0.25, 0.3) is 0 Å². The largest absolute Gasteiger partial charge is 0.481 e. The van der Waals surface area contributed by atoms with E-state index in [1.165, 1.54) is 5.56 Å². The average Bonchev–Trinajstić information content (AvgIpc) is 2.25. The molecule has 0 bridgehead atoms. The second kappa shape index (κ2) is 5.85. The van der Waals surface area contributed by atoms with Crippen LogP contribution in [-0.4, -0.2) is 11.1 Å². The summed E-state index contributed by atoms with van der Waals surface area (Å²) in [5.41, 5.74) is 2.16. The van der Waals surface area contributed by atoms with Crippen molar-refractivity contribution in [1.82, 2.24) is 0 Å². The minimum atomic E-state index is -0.726. The minimum Gasteiger partial charge on any atom is -0.481 e. The summed E-state index contributed by atoms with van der Waals surface area (Å²) in [6.07, 6.45) is 0.691. The molecule has 0 radical (unpaired) electrons. The van der Waals surface area contributed by atoms with Crippen molar-refractivity contribution in [3.05, 3.63) is 35.4 Å². The highest BCUT2D eigenvalue weighted by molar-refractivity contribution is 5.76. The summed E-state index contributed by atoms with van der Waals surface area (Å²) >= 11 is 0. The van der Waals surface area contributed by atoms with Crippen LogP contribution in [0.4, 0.5) is 0 Å². The Morgan fingerprint density at radius 2 is 1.53 bits per heavy atom. The van der Waals surface area contributed by atoms with Crippen molar-refractivity contribution < 1.29 is 9.90 Å². The van der Waals surface area contributed by atoms with Gasteiger partial charge in [0.25, 0.3) is 0 Å². The van der Waals surface area contributed by atoms with Gasteiger partial charge in [-0.1, -0.05) is 52.0 Å². The molecule has 1 aromatic rings. The smallest absolute Gasteiger partial charge is 0.310 e. The minimum absolute atomic E-state index is 0.379. The molecular weight excluding hydrogens is 212 g/mol. The number of carbonyl (C=O) groups is 1. The molecule has 17 heavy (non-hydrogen) atoms. The van der Waals surface area contributed by atoms with Crippen LogP contribution in [0.15, 0.2) is 24.3 Å². The third-order valence-electron chi connectivity index (χ3n) is 3.01. The lowest BCUT2D eigenvalue weighted by molar-refractivity contribution is -0.139. The van der Waals surface area contributed by atoms with E-state index in [0.29, 0.717) is 18.3 Å². The summed E-state index contributed by atoms with van der Waals surface area (Å²) in [4.78, 5) is 11.3. The Bertz CT molecular complexity index is 363. The number of aliphatic carboxylic acids is 1. The van der Waals surface area contributed by atoms with Crippen molar-refractivity contribution in [1.29, 1.82) is 0 Å². The molecule has 0 saturated heterocycles. The third-order valence-corrected chi connectivity index (χ3v) is 3.01. The maximum Gasteiger partial charge on any atom is 0.310 e. The van der Waals surface area contributed by atoms with Crippen molar-refractivity contribution in [3.63, 3.8) is 0 Å². The van der Waals surface area contributed by atoms with Crippen molar-refractivity contribution in [3.8, 4) is 0 Å². The first kappa shape index (κ1) is 13.8. The van der Waals surface area contributed by atoms with Gasteiger partial charge in [-0.15, -0.1) is 0 Å². The first-order valence-corrected chi connectivity index (χ1v) is 6.24. The second-order valence-electron chi connectivity index (χ2n) is 5.34. The molecule has 94 valence electrons. The highest BCUT2D eigenvalue weighted by Gasteiger charge is 2.20. The molecule has 0 heterocycles. The van der Waals surface area contributed by atoms with Gasteiger partial charge >= 0.3 is 5.97 Å². The Labute approximate surface area is 104 Å². The van der Waals surface area contributed by atoms with E-state index < -0.39 is 5.97 Å². The van der Waals surface area contributed by atoms with Gasteiger partial charge in [-0.3, -0.25) is 4.79 Å². The lowest BCUT2D eigenvalue weighted by Crippen LogP contribution is -2.14. The van der Waals surface area contributed by atoms with Crippen molar-refractivity contribution >= 4 is 5.97 Å². The van der Waals surface area contributed by atoms with Gasteiger partial charge in [0.2, 0.25) is 0 Å². The molecule has 0 fully saturated rings. The SMILES string of the molecule is CC(C)CC(C(=O)O)c1ccc(C(C)C)cc1. The fourth-order valence-electron chi connectivity index (χ4n) is 1.96.